The maximum atomic E-state index is 11.1. The van der Waals surface area contributed by atoms with Crippen molar-refractivity contribution in [1.82, 2.24) is 0 Å². The highest BCUT2D eigenvalue weighted by Gasteiger charge is 2.00. The molecule has 1 aromatic carbocycles. The van der Waals surface area contributed by atoms with Crippen molar-refractivity contribution in [2.75, 3.05) is 0 Å². The minimum atomic E-state index is -0.821. The molecule has 0 aliphatic heterocycles. The monoisotopic (exact) mass is 240 g/mol. The fraction of sp³-hybridized carbons (Fsp3) is 0.0909. The van der Waals surface area contributed by atoms with Crippen molar-refractivity contribution in [1.29, 1.82) is 0 Å². The van der Waals surface area contributed by atoms with Crippen molar-refractivity contribution in [3.63, 3.8) is 0 Å². The zero-order chi connectivity index (χ0) is 11.8. The van der Waals surface area contributed by atoms with E-state index < -0.39 is 11.9 Å². The summed E-state index contributed by atoms with van der Waals surface area (Å²) in [5.41, 5.74) is 0.865. The van der Waals surface area contributed by atoms with Gasteiger partial charge in [-0.1, -0.05) is 30.3 Å². The van der Waals surface area contributed by atoms with E-state index >= 15 is 0 Å². The van der Waals surface area contributed by atoms with Gasteiger partial charge < -0.3 is 9.03 Å². The molecule has 5 heteroatoms. The van der Waals surface area contributed by atoms with Gasteiger partial charge in [-0.05, 0) is 5.56 Å². The molecular weight excluding hydrogens is 232 g/mol. The van der Waals surface area contributed by atoms with E-state index in [0.29, 0.717) is 0 Å². The Kier molecular flexibility index (Phi) is 5.08. The molecule has 0 aliphatic rings. The summed E-state index contributed by atoms with van der Waals surface area (Å²) in [6.07, 6.45) is 1.84. The number of hydrogen-bond acceptors (Lipinski definition) is 4. The van der Waals surface area contributed by atoms with Crippen LogP contribution in [0.1, 0.15) is 5.56 Å². The molecule has 0 saturated heterocycles. The normalized spacial score (nSPS) is 10.1. The number of ether oxygens (including phenoxy) is 1. The average molecular weight is 241 g/mol. The molecular formula is C11H9ClO4. The fourth-order valence-electron chi connectivity index (χ4n) is 0.939. The lowest BCUT2D eigenvalue weighted by atomic mass is 10.2. The zero-order valence-corrected chi connectivity index (χ0v) is 9.02. The molecule has 84 valence electrons. The second kappa shape index (κ2) is 6.63. The van der Waals surface area contributed by atoms with Gasteiger partial charge in [0.15, 0.2) is 0 Å². The van der Waals surface area contributed by atoms with Crippen LogP contribution >= 0.6 is 11.9 Å². The Morgan fingerprint density at radius 1 is 1.12 bits per heavy atom. The minimum Gasteiger partial charge on any atom is -0.458 e. The largest absolute Gasteiger partial charge is 0.458 e. The smallest absolute Gasteiger partial charge is 0.349 e. The van der Waals surface area contributed by atoms with Crippen LogP contribution in [-0.4, -0.2) is 11.9 Å². The second-order valence-electron chi connectivity index (χ2n) is 2.82. The molecule has 0 N–H and O–H groups in total. The Bertz CT molecular complexity index is 386. The van der Waals surface area contributed by atoms with Gasteiger partial charge in [-0.25, -0.2) is 9.59 Å². The number of carbonyl (C=O) groups is 2. The first-order chi connectivity index (χ1) is 7.72. The van der Waals surface area contributed by atoms with Crippen LogP contribution in [-0.2, 0) is 25.2 Å². The van der Waals surface area contributed by atoms with E-state index in [1.807, 2.05) is 30.3 Å². The fourth-order valence-corrected chi connectivity index (χ4v) is 0.990. The van der Waals surface area contributed by atoms with Gasteiger partial charge in [-0.3, -0.25) is 0 Å². The number of esters is 1. The van der Waals surface area contributed by atoms with Crippen molar-refractivity contribution < 1.29 is 18.6 Å². The summed E-state index contributed by atoms with van der Waals surface area (Å²) in [5.74, 6) is -1.45. The maximum absolute atomic E-state index is 11.1. The molecule has 0 unspecified atom stereocenters. The van der Waals surface area contributed by atoms with Gasteiger partial charge in [0.25, 0.3) is 0 Å². The third kappa shape index (κ3) is 4.61. The number of rotatable bonds is 4. The quantitative estimate of drug-likeness (QED) is 0.597. The average Bonchev–Trinajstić information content (AvgIpc) is 2.34. The number of hydrogen-bond donors (Lipinski definition) is 0. The summed E-state index contributed by atoms with van der Waals surface area (Å²) >= 11 is 4.76. The van der Waals surface area contributed by atoms with Crippen LogP contribution < -0.4 is 0 Å². The minimum absolute atomic E-state index is 0.153. The Hall–Kier alpha value is -1.81. The highest BCUT2D eigenvalue weighted by molar-refractivity contribution is 6.15. The van der Waals surface area contributed by atoms with Gasteiger partial charge in [0, 0.05) is 12.2 Å². The summed E-state index contributed by atoms with van der Waals surface area (Å²) < 4.78 is 8.65. The molecule has 0 aliphatic carbocycles. The number of benzene rings is 1. The third-order valence-electron chi connectivity index (χ3n) is 1.66. The first-order valence-corrected chi connectivity index (χ1v) is 4.74. The molecule has 0 heterocycles. The van der Waals surface area contributed by atoms with Gasteiger partial charge in [0.1, 0.15) is 18.5 Å². The summed E-state index contributed by atoms with van der Waals surface area (Å²) in [4.78, 5) is 21.6. The van der Waals surface area contributed by atoms with Gasteiger partial charge >= 0.3 is 11.9 Å². The predicted octanol–water partition coefficient (Wildman–Crippen LogP) is 1.98. The highest BCUT2D eigenvalue weighted by atomic mass is 35.5. The van der Waals surface area contributed by atoms with Gasteiger partial charge in [-0.2, -0.15) is 0 Å². The molecule has 1 rings (SSSR count). The van der Waals surface area contributed by atoms with Crippen LogP contribution in [0, 0.1) is 0 Å². The molecule has 0 fully saturated rings. The second-order valence-corrected chi connectivity index (χ2v) is 2.98. The number of carbonyl (C=O) groups excluding carboxylic acids is 2. The lowest BCUT2D eigenvalue weighted by Crippen LogP contribution is -2.02. The van der Waals surface area contributed by atoms with Crippen LogP contribution in [0.2, 0.25) is 0 Å². The Morgan fingerprint density at radius 2 is 1.75 bits per heavy atom. The van der Waals surface area contributed by atoms with E-state index in [1.165, 1.54) is 0 Å². The summed E-state index contributed by atoms with van der Waals surface area (Å²) in [6.45, 7) is 0.153. The van der Waals surface area contributed by atoms with E-state index in [-0.39, 0.29) is 6.61 Å². The van der Waals surface area contributed by atoms with Crippen LogP contribution in [0.4, 0.5) is 0 Å². The van der Waals surface area contributed by atoms with E-state index in [2.05, 4.69) is 4.29 Å². The van der Waals surface area contributed by atoms with E-state index in [4.69, 9.17) is 16.6 Å². The SMILES string of the molecule is O=C(/C=C\C(=O)OCc1ccccc1)OCl. The van der Waals surface area contributed by atoms with E-state index in [0.717, 1.165) is 17.7 Å². The molecule has 0 amide bonds. The van der Waals surface area contributed by atoms with Crippen molar-refractivity contribution in [3.05, 3.63) is 48.0 Å². The van der Waals surface area contributed by atoms with Crippen molar-refractivity contribution >= 4 is 23.8 Å². The molecule has 0 spiro atoms. The van der Waals surface area contributed by atoms with Crippen LogP contribution in [0.15, 0.2) is 42.5 Å². The topological polar surface area (TPSA) is 52.6 Å². The van der Waals surface area contributed by atoms with Crippen molar-refractivity contribution in [2.24, 2.45) is 0 Å². The zero-order valence-electron chi connectivity index (χ0n) is 8.26. The van der Waals surface area contributed by atoms with E-state index in [1.54, 1.807) is 0 Å². The third-order valence-corrected chi connectivity index (χ3v) is 1.81. The Labute approximate surface area is 97.6 Å². The van der Waals surface area contributed by atoms with Gasteiger partial charge in [0.2, 0.25) is 0 Å². The molecule has 4 nitrogen and oxygen atoms in total. The lowest BCUT2D eigenvalue weighted by molar-refractivity contribution is -0.139. The number of halogens is 1. The molecule has 16 heavy (non-hydrogen) atoms. The summed E-state index contributed by atoms with van der Waals surface area (Å²) in [6, 6.07) is 9.18. The Balaban J connectivity index is 2.36. The van der Waals surface area contributed by atoms with Crippen molar-refractivity contribution in [2.45, 2.75) is 6.61 Å². The maximum Gasteiger partial charge on any atom is 0.349 e. The highest BCUT2D eigenvalue weighted by Crippen LogP contribution is 2.00. The van der Waals surface area contributed by atoms with Crippen LogP contribution in [0.3, 0.4) is 0 Å². The van der Waals surface area contributed by atoms with Gasteiger partial charge in [-0.15, -0.1) is 0 Å². The summed E-state index contributed by atoms with van der Waals surface area (Å²) in [7, 11) is 0. The van der Waals surface area contributed by atoms with Crippen LogP contribution in [0.25, 0.3) is 0 Å². The Morgan fingerprint density at radius 3 is 2.38 bits per heavy atom. The molecule has 0 bridgehead atoms. The van der Waals surface area contributed by atoms with Crippen LogP contribution in [0.5, 0.6) is 0 Å². The molecule has 1 aromatic rings. The first-order valence-electron chi connectivity index (χ1n) is 4.43. The predicted molar refractivity (Wildman–Crippen MR) is 57.3 cm³/mol. The molecule has 0 saturated carbocycles. The summed E-state index contributed by atoms with van der Waals surface area (Å²) in [5, 5.41) is 0. The van der Waals surface area contributed by atoms with E-state index in [9.17, 15) is 9.59 Å². The molecule has 0 radical (unpaired) electrons. The standard InChI is InChI=1S/C11H9ClO4/c12-16-11(14)7-6-10(13)15-8-9-4-2-1-3-5-9/h1-7H,8H2/b7-6-. The van der Waals surface area contributed by atoms with Crippen molar-refractivity contribution in [3.8, 4) is 0 Å². The van der Waals surface area contributed by atoms with Gasteiger partial charge in [0.05, 0.1) is 0 Å². The first kappa shape index (κ1) is 12.3. The molecule has 0 aromatic heterocycles. The lowest BCUT2D eigenvalue weighted by Gasteiger charge is -2.00. The molecule has 0 atom stereocenters.